The summed E-state index contributed by atoms with van der Waals surface area (Å²) in [5.74, 6) is -1.77. The van der Waals surface area contributed by atoms with Crippen LogP contribution in [0.1, 0.15) is 21.1 Å². The fourth-order valence-corrected chi connectivity index (χ4v) is 2.02. The molecular formula is C11H10FN3O2S. The van der Waals surface area contributed by atoms with Crippen LogP contribution in [-0.4, -0.2) is 21.0 Å². The molecule has 0 saturated carbocycles. The van der Waals surface area contributed by atoms with E-state index in [0.717, 1.165) is 23.0 Å². The number of carboxylic acid groups (broad SMARTS) is 1. The maximum atomic E-state index is 12.9. The molecule has 0 aliphatic rings. The van der Waals surface area contributed by atoms with Gasteiger partial charge < -0.3 is 10.4 Å². The Morgan fingerprint density at radius 2 is 2.39 bits per heavy atom. The molecule has 2 aromatic heterocycles. The Labute approximate surface area is 106 Å². The van der Waals surface area contributed by atoms with Gasteiger partial charge in [0.15, 0.2) is 0 Å². The summed E-state index contributed by atoms with van der Waals surface area (Å²) in [7, 11) is 0. The van der Waals surface area contributed by atoms with Crippen molar-refractivity contribution in [3.05, 3.63) is 39.7 Å². The molecule has 0 spiro atoms. The zero-order valence-electron chi connectivity index (χ0n) is 9.48. The second-order valence-corrected chi connectivity index (χ2v) is 4.63. The van der Waals surface area contributed by atoms with Crippen molar-refractivity contribution in [3.63, 3.8) is 0 Å². The highest BCUT2D eigenvalue weighted by molar-refractivity contribution is 7.09. The summed E-state index contributed by atoms with van der Waals surface area (Å²) in [5, 5.41) is 14.6. The summed E-state index contributed by atoms with van der Waals surface area (Å²) in [6.07, 6.45) is 0.973. The molecule has 18 heavy (non-hydrogen) atoms. The van der Waals surface area contributed by atoms with Crippen molar-refractivity contribution in [2.24, 2.45) is 0 Å². The number of thiazole rings is 1. The molecular weight excluding hydrogens is 257 g/mol. The third kappa shape index (κ3) is 2.80. The van der Waals surface area contributed by atoms with Gasteiger partial charge >= 0.3 is 5.97 Å². The predicted octanol–water partition coefficient (Wildman–Crippen LogP) is 2.30. The monoisotopic (exact) mass is 267 g/mol. The van der Waals surface area contributed by atoms with E-state index in [1.54, 1.807) is 0 Å². The number of hydrogen-bond acceptors (Lipinski definition) is 5. The number of halogens is 1. The zero-order valence-corrected chi connectivity index (χ0v) is 10.3. The van der Waals surface area contributed by atoms with Gasteiger partial charge in [0.25, 0.3) is 0 Å². The van der Waals surface area contributed by atoms with Gasteiger partial charge in [-0.1, -0.05) is 0 Å². The zero-order chi connectivity index (χ0) is 13.1. The summed E-state index contributed by atoms with van der Waals surface area (Å²) >= 11 is 1.50. The molecule has 0 aliphatic carbocycles. The number of carbonyl (C=O) groups is 1. The first-order valence-electron chi connectivity index (χ1n) is 5.10. The minimum Gasteiger partial charge on any atom is -0.478 e. The number of aromatic carboxylic acids is 1. The highest BCUT2D eigenvalue weighted by Gasteiger charge is 2.12. The Hall–Kier alpha value is -2.02. The predicted molar refractivity (Wildman–Crippen MR) is 65.3 cm³/mol. The van der Waals surface area contributed by atoms with Crippen molar-refractivity contribution in [2.75, 3.05) is 5.32 Å². The van der Waals surface area contributed by atoms with Crippen LogP contribution in [0.2, 0.25) is 0 Å². The number of nitrogens with zero attached hydrogens (tertiary/aromatic N) is 2. The summed E-state index contributed by atoms with van der Waals surface area (Å²) in [5.41, 5.74) is 0.599. The summed E-state index contributed by atoms with van der Waals surface area (Å²) in [6, 6.07) is 0.934. The van der Waals surface area contributed by atoms with Crippen LogP contribution in [0.5, 0.6) is 0 Å². The highest BCUT2D eigenvalue weighted by atomic mass is 32.1. The molecule has 0 aromatic carbocycles. The largest absolute Gasteiger partial charge is 0.478 e. The van der Waals surface area contributed by atoms with Gasteiger partial charge in [0.1, 0.15) is 17.2 Å². The van der Waals surface area contributed by atoms with Crippen molar-refractivity contribution < 1.29 is 14.3 Å². The molecule has 0 saturated heterocycles. The van der Waals surface area contributed by atoms with Gasteiger partial charge in [0.05, 0.1) is 23.4 Å². The van der Waals surface area contributed by atoms with Gasteiger partial charge in [0.2, 0.25) is 0 Å². The number of anilines is 1. The van der Waals surface area contributed by atoms with Crippen LogP contribution in [0.25, 0.3) is 0 Å². The Kier molecular flexibility index (Phi) is 3.52. The van der Waals surface area contributed by atoms with Crippen molar-refractivity contribution in [2.45, 2.75) is 13.5 Å². The quantitative estimate of drug-likeness (QED) is 0.889. The van der Waals surface area contributed by atoms with E-state index in [1.165, 1.54) is 11.3 Å². The van der Waals surface area contributed by atoms with Gasteiger partial charge in [-0.2, -0.15) is 0 Å². The molecule has 7 heteroatoms. The van der Waals surface area contributed by atoms with Crippen LogP contribution in [0, 0.1) is 12.7 Å². The Bertz CT molecular complexity index is 585. The number of rotatable bonds is 4. The second kappa shape index (κ2) is 5.09. The number of nitrogens with one attached hydrogen (secondary N) is 1. The molecule has 0 atom stereocenters. The third-order valence-corrected chi connectivity index (χ3v) is 3.01. The van der Waals surface area contributed by atoms with Gasteiger partial charge in [-0.3, -0.25) is 0 Å². The SMILES string of the molecule is Cc1nc(CNc2ncc(F)cc2C(=O)O)cs1. The molecule has 0 unspecified atom stereocenters. The van der Waals surface area contributed by atoms with Gasteiger partial charge in [-0.15, -0.1) is 11.3 Å². The molecule has 2 rings (SSSR count). The topological polar surface area (TPSA) is 75.1 Å². The molecule has 94 valence electrons. The molecule has 5 nitrogen and oxygen atoms in total. The van der Waals surface area contributed by atoms with E-state index in [9.17, 15) is 9.18 Å². The second-order valence-electron chi connectivity index (χ2n) is 3.57. The summed E-state index contributed by atoms with van der Waals surface area (Å²) in [4.78, 5) is 18.9. The first-order valence-corrected chi connectivity index (χ1v) is 5.98. The molecule has 0 aliphatic heterocycles. The molecule has 2 aromatic rings. The first kappa shape index (κ1) is 12.4. The van der Waals surface area contributed by atoms with Gasteiger partial charge in [0, 0.05) is 5.38 Å². The van der Waals surface area contributed by atoms with Crippen molar-refractivity contribution in [1.82, 2.24) is 9.97 Å². The van der Waals surface area contributed by atoms with E-state index in [1.807, 2.05) is 12.3 Å². The fraction of sp³-hybridized carbons (Fsp3) is 0.182. The average molecular weight is 267 g/mol. The van der Waals surface area contributed by atoms with Crippen LogP contribution >= 0.6 is 11.3 Å². The Balaban J connectivity index is 2.16. The van der Waals surface area contributed by atoms with Gasteiger partial charge in [-0.05, 0) is 13.0 Å². The summed E-state index contributed by atoms with van der Waals surface area (Å²) < 4.78 is 12.9. The summed E-state index contributed by atoms with van der Waals surface area (Å²) in [6.45, 7) is 2.23. The standard InChI is InChI=1S/C11H10FN3O2S/c1-6-15-8(5-18-6)4-14-10-9(11(16)17)2-7(12)3-13-10/h2-3,5H,4H2,1H3,(H,13,14)(H,16,17). The lowest BCUT2D eigenvalue weighted by Crippen LogP contribution is -2.09. The molecule has 2 heterocycles. The Morgan fingerprint density at radius 3 is 3.00 bits per heavy atom. The number of hydrogen-bond donors (Lipinski definition) is 2. The Morgan fingerprint density at radius 1 is 1.61 bits per heavy atom. The smallest absolute Gasteiger partial charge is 0.339 e. The maximum absolute atomic E-state index is 12.9. The lowest BCUT2D eigenvalue weighted by molar-refractivity contribution is 0.0697. The fourth-order valence-electron chi connectivity index (χ4n) is 1.41. The number of pyridine rings is 1. The van der Waals surface area contributed by atoms with E-state index in [4.69, 9.17) is 5.11 Å². The lowest BCUT2D eigenvalue weighted by Gasteiger charge is -2.06. The van der Waals surface area contributed by atoms with E-state index in [2.05, 4.69) is 15.3 Å². The van der Waals surface area contributed by atoms with Crippen LogP contribution in [0.4, 0.5) is 10.2 Å². The minimum absolute atomic E-state index is 0.134. The van der Waals surface area contributed by atoms with Crippen LogP contribution < -0.4 is 5.32 Å². The van der Waals surface area contributed by atoms with E-state index in [-0.39, 0.29) is 11.4 Å². The number of aromatic nitrogens is 2. The molecule has 0 fully saturated rings. The molecule has 0 amide bonds. The molecule has 0 radical (unpaired) electrons. The van der Waals surface area contributed by atoms with Crippen LogP contribution in [0.15, 0.2) is 17.6 Å². The van der Waals surface area contributed by atoms with Crippen molar-refractivity contribution in [3.8, 4) is 0 Å². The first-order chi connectivity index (χ1) is 8.56. The van der Waals surface area contributed by atoms with Crippen LogP contribution in [-0.2, 0) is 6.54 Å². The third-order valence-electron chi connectivity index (χ3n) is 2.19. The van der Waals surface area contributed by atoms with Crippen molar-refractivity contribution in [1.29, 1.82) is 0 Å². The lowest BCUT2D eigenvalue weighted by atomic mass is 10.2. The number of carboxylic acids is 1. The maximum Gasteiger partial charge on any atom is 0.339 e. The van der Waals surface area contributed by atoms with Crippen LogP contribution in [0.3, 0.4) is 0 Å². The normalized spacial score (nSPS) is 10.3. The van der Waals surface area contributed by atoms with Gasteiger partial charge in [-0.25, -0.2) is 19.2 Å². The molecule has 2 N–H and O–H groups in total. The number of aryl methyl sites for hydroxylation is 1. The van der Waals surface area contributed by atoms with Crippen molar-refractivity contribution >= 4 is 23.1 Å². The minimum atomic E-state index is -1.22. The highest BCUT2D eigenvalue weighted by Crippen LogP contribution is 2.15. The van der Waals surface area contributed by atoms with E-state index in [0.29, 0.717) is 6.54 Å². The van der Waals surface area contributed by atoms with E-state index < -0.39 is 11.8 Å². The average Bonchev–Trinajstić information content (AvgIpc) is 2.73. The molecule has 0 bridgehead atoms. The van der Waals surface area contributed by atoms with E-state index >= 15 is 0 Å².